The molecule has 0 aromatic carbocycles. The molecule has 0 spiro atoms. The van der Waals surface area contributed by atoms with Crippen LogP contribution in [0.3, 0.4) is 0 Å². The second kappa shape index (κ2) is 3.53. The molecular weight excluding hydrogens is 182 g/mol. The van der Waals surface area contributed by atoms with Gasteiger partial charge in [0.05, 0.1) is 0 Å². The first-order chi connectivity index (χ1) is 6.79. The van der Waals surface area contributed by atoms with Crippen LogP contribution in [0.2, 0.25) is 0 Å². The monoisotopic (exact) mass is 191 g/mol. The SMILES string of the molecule is O=C1CCCC(=O)N1c1ncccn1. The van der Waals surface area contributed by atoms with E-state index in [9.17, 15) is 9.59 Å². The first-order valence-corrected chi connectivity index (χ1v) is 4.42. The standard InChI is InChI=1S/C9H9N3O2/c13-7-3-1-4-8(14)12(7)9-10-5-2-6-11-9/h2,5-6H,1,3-4H2. The van der Waals surface area contributed by atoms with Crippen LogP contribution in [0.25, 0.3) is 0 Å². The Hall–Kier alpha value is -1.78. The van der Waals surface area contributed by atoms with E-state index in [2.05, 4.69) is 9.97 Å². The molecule has 0 radical (unpaired) electrons. The van der Waals surface area contributed by atoms with E-state index >= 15 is 0 Å². The van der Waals surface area contributed by atoms with Gasteiger partial charge in [0.1, 0.15) is 0 Å². The van der Waals surface area contributed by atoms with Crippen LogP contribution in [0.1, 0.15) is 19.3 Å². The molecule has 0 bridgehead atoms. The van der Waals surface area contributed by atoms with E-state index in [1.165, 1.54) is 12.4 Å². The number of hydrogen-bond acceptors (Lipinski definition) is 4. The molecule has 72 valence electrons. The van der Waals surface area contributed by atoms with Gasteiger partial charge in [-0.05, 0) is 12.5 Å². The molecule has 0 atom stereocenters. The third-order valence-corrected chi connectivity index (χ3v) is 2.03. The van der Waals surface area contributed by atoms with Crippen LogP contribution in [-0.2, 0) is 9.59 Å². The molecule has 5 heteroatoms. The lowest BCUT2D eigenvalue weighted by atomic mass is 10.1. The van der Waals surface area contributed by atoms with Crippen molar-refractivity contribution in [3.63, 3.8) is 0 Å². The molecule has 14 heavy (non-hydrogen) atoms. The van der Waals surface area contributed by atoms with Crippen LogP contribution < -0.4 is 4.90 Å². The van der Waals surface area contributed by atoms with Gasteiger partial charge in [0.25, 0.3) is 0 Å². The van der Waals surface area contributed by atoms with Crippen LogP contribution in [-0.4, -0.2) is 21.8 Å². The quantitative estimate of drug-likeness (QED) is 0.607. The molecule has 1 aromatic rings. The summed E-state index contributed by atoms with van der Waals surface area (Å²) in [7, 11) is 0. The summed E-state index contributed by atoms with van der Waals surface area (Å²) in [5, 5.41) is 0. The van der Waals surface area contributed by atoms with Crippen molar-refractivity contribution >= 4 is 17.8 Å². The van der Waals surface area contributed by atoms with Crippen LogP contribution >= 0.6 is 0 Å². The van der Waals surface area contributed by atoms with Crippen molar-refractivity contribution < 1.29 is 9.59 Å². The summed E-state index contributed by atoms with van der Waals surface area (Å²) < 4.78 is 0. The van der Waals surface area contributed by atoms with Gasteiger partial charge in [0, 0.05) is 25.2 Å². The van der Waals surface area contributed by atoms with Crippen LogP contribution in [0.15, 0.2) is 18.5 Å². The minimum atomic E-state index is -0.215. The average molecular weight is 191 g/mol. The van der Waals surface area contributed by atoms with Crippen molar-refractivity contribution in [1.82, 2.24) is 9.97 Å². The minimum absolute atomic E-state index is 0.183. The third kappa shape index (κ3) is 1.48. The molecule has 5 nitrogen and oxygen atoms in total. The predicted octanol–water partition coefficient (Wildman–Crippen LogP) is 0.520. The van der Waals surface area contributed by atoms with E-state index in [4.69, 9.17) is 0 Å². The average Bonchev–Trinajstić information content (AvgIpc) is 2.19. The second-order valence-electron chi connectivity index (χ2n) is 3.03. The van der Waals surface area contributed by atoms with E-state index < -0.39 is 0 Å². The number of carbonyl (C=O) groups excluding carboxylic acids is 2. The summed E-state index contributed by atoms with van der Waals surface area (Å²) in [6.45, 7) is 0. The van der Waals surface area contributed by atoms with Crippen molar-refractivity contribution in [3.05, 3.63) is 18.5 Å². The van der Waals surface area contributed by atoms with Gasteiger partial charge in [-0.3, -0.25) is 9.59 Å². The van der Waals surface area contributed by atoms with Gasteiger partial charge in [0.15, 0.2) is 0 Å². The maximum atomic E-state index is 11.4. The van der Waals surface area contributed by atoms with Gasteiger partial charge >= 0.3 is 0 Å². The van der Waals surface area contributed by atoms with E-state index in [0.717, 1.165) is 4.90 Å². The van der Waals surface area contributed by atoms with Gasteiger partial charge in [0.2, 0.25) is 17.8 Å². The fraction of sp³-hybridized carbons (Fsp3) is 0.333. The Morgan fingerprint density at radius 3 is 2.21 bits per heavy atom. The first kappa shape index (κ1) is 8.80. The summed E-state index contributed by atoms with van der Waals surface area (Å²) in [5.41, 5.74) is 0. The number of rotatable bonds is 1. The molecule has 1 fully saturated rings. The fourth-order valence-corrected chi connectivity index (χ4v) is 1.38. The molecule has 1 saturated heterocycles. The van der Waals surface area contributed by atoms with Crippen molar-refractivity contribution in [2.45, 2.75) is 19.3 Å². The lowest BCUT2D eigenvalue weighted by Gasteiger charge is -2.22. The number of hydrogen-bond donors (Lipinski definition) is 0. The zero-order valence-electron chi connectivity index (χ0n) is 7.51. The highest BCUT2D eigenvalue weighted by Crippen LogP contribution is 2.16. The Morgan fingerprint density at radius 1 is 1.07 bits per heavy atom. The molecule has 1 aliphatic rings. The Morgan fingerprint density at radius 2 is 1.64 bits per heavy atom. The Labute approximate surface area is 80.8 Å². The molecule has 0 saturated carbocycles. The zero-order valence-corrected chi connectivity index (χ0v) is 7.51. The molecule has 0 unspecified atom stereocenters. The van der Waals surface area contributed by atoms with Crippen LogP contribution in [0.5, 0.6) is 0 Å². The highest BCUT2D eigenvalue weighted by molar-refractivity contribution is 6.15. The largest absolute Gasteiger partial charge is 0.274 e. The predicted molar refractivity (Wildman–Crippen MR) is 48.4 cm³/mol. The first-order valence-electron chi connectivity index (χ1n) is 4.42. The highest BCUT2D eigenvalue weighted by Gasteiger charge is 2.28. The summed E-state index contributed by atoms with van der Waals surface area (Å²) in [4.78, 5) is 31.7. The molecule has 0 N–H and O–H groups in total. The van der Waals surface area contributed by atoms with E-state index in [-0.39, 0.29) is 17.8 Å². The highest BCUT2D eigenvalue weighted by atomic mass is 16.2. The summed E-state index contributed by atoms with van der Waals surface area (Å²) >= 11 is 0. The Kier molecular flexibility index (Phi) is 2.22. The Balaban J connectivity index is 2.32. The van der Waals surface area contributed by atoms with Crippen molar-refractivity contribution in [2.75, 3.05) is 4.90 Å². The summed E-state index contributed by atoms with van der Waals surface area (Å²) in [5.74, 6) is -0.248. The normalized spacial score (nSPS) is 17.3. The topological polar surface area (TPSA) is 63.2 Å². The van der Waals surface area contributed by atoms with E-state index in [1.54, 1.807) is 6.07 Å². The van der Waals surface area contributed by atoms with Gasteiger partial charge in [-0.2, -0.15) is 0 Å². The number of imide groups is 1. The number of carbonyl (C=O) groups is 2. The maximum Gasteiger partial charge on any atom is 0.239 e. The summed E-state index contributed by atoms with van der Waals surface area (Å²) in [6, 6.07) is 1.64. The van der Waals surface area contributed by atoms with E-state index in [0.29, 0.717) is 19.3 Å². The molecule has 1 aliphatic heterocycles. The number of nitrogens with zero attached hydrogens (tertiary/aromatic N) is 3. The number of amides is 2. The molecular formula is C9H9N3O2. The van der Waals surface area contributed by atoms with E-state index in [1.807, 2.05) is 0 Å². The lowest BCUT2D eigenvalue weighted by molar-refractivity contribution is -0.129. The number of aromatic nitrogens is 2. The van der Waals surface area contributed by atoms with Crippen LogP contribution in [0.4, 0.5) is 5.95 Å². The minimum Gasteiger partial charge on any atom is -0.274 e. The molecule has 0 aliphatic carbocycles. The lowest BCUT2D eigenvalue weighted by Crippen LogP contribution is -2.41. The van der Waals surface area contributed by atoms with Crippen molar-refractivity contribution in [3.8, 4) is 0 Å². The molecule has 1 aromatic heterocycles. The van der Waals surface area contributed by atoms with Crippen molar-refractivity contribution in [2.24, 2.45) is 0 Å². The van der Waals surface area contributed by atoms with Crippen molar-refractivity contribution in [1.29, 1.82) is 0 Å². The second-order valence-corrected chi connectivity index (χ2v) is 3.03. The Bertz CT molecular complexity index is 348. The van der Waals surface area contributed by atoms with Gasteiger partial charge in [-0.15, -0.1) is 0 Å². The number of anilines is 1. The molecule has 2 rings (SSSR count). The zero-order chi connectivity index (χ0) is 9.97. The fourth-order valence-electron chi connectivity index (χ4n) is 1.38. The summed E-state index contributed by atoms with van der Waals surface area (Å²) in [6.07, 6.45) is 4.43. The molecule has 2 amide bonds. The number of piperidine rings is 1. The van der Waals surface area contributed by atoms with Gasteiger partial charge in [-0.1, -0.05) is 0 Å². The van der Waals surface area contributed by atoms with Gasteiger partial charge < -0.3 is 0 Å². The molecule has 2 heterocycles. The van der Waals surface area contributed by atoms with Crippen LogP contribution in [0, 0.1) is 0 Å². The maximum absolute atomic E-state index is 11.4. The van der Waals surface area contributed by atoms with Gasteiger partial charge in [-0.25, -0.2) is 14.9 Å². The smallest absolute Gasteiger partial charge is 0.239 e. The third-order valence-electron chi connectivity index (χ3n) is 2.03.